The number of hydrogen-bond acceptors (Lipinski definition) is 2. The molecule has 1 aliphatic carbocycles. The molecule has 0 radical (unpaired) electrons. The third kappa shape index (κ3) is 3.98. The predicted molar refractivity (Wildman–Crippen MR) is 71.2 cm³/mol. The number of halogens is 1. The largest absolute Gasteiger partial charge is 0.493 e. The van der Waals surface area contributed by atoms with Crippen LogP contribution in [0.5, 0.6) is 5.75 Å². The minimum Gasteiger partial charge on any atom is -0.493 e. The second kappa shape index (κ2) is 6.74. The highest BCUT2D eigenvalue weighted by molar-refractivity contribution is 5.29. The number of hydrogen-bond donors (Lipinski definition) is 1. The summed E-state index contributed by atoms with van der Waals surface area (Å²) in [5, 5.41) is 3.27. The minimum atomic E-state index is -0.214. The highest BCUT2D eigenvalue weighted by Crippen LogP contribution is 2.27. The molecule has 2 nitrogen and oxygen atoms in total. The van der Waals surface area contributed by atoms with Crippen LogP contribution in [0.1, 0.15) is 38.2 Å². The van der Waals surface area contributed by atoms with Crippen molar-refractivity contribution in [3.8, 4) is 5.75 Å². The number of benzene rings is 1. The Balaban J connectivity index is 1.87. The molecule has 18 heavy (non-hydrogen) atoms. The van der Waals surface area contributed by atoms with E-state index in [4.69, 9.17) is 4.74 Å². The van der Waals surface area contributed by atoms with Crippen molar-refractivity contribution >= 4 is 0 Å². The molecule has 0 amide bonds. The van der Waals surface area contributed by atoms with Crippen LogP contribution in [0.2, 0.25) is 0 Å². The van der Waals surface area contributed by atoms with E-state index in [1.165, 1.54) is 25.3 Å². The Morgan fingerprint density at radius 2 is 2.17 bits per heavy atom. The molecular formula is C15H22FNO. The van der Waals surface area contributed by atoms with Crippen molar-refractivity contribution in [2.24, 2.45) is 5.92 Å². The third-order valence-electron chi connectivity index (χ3n) is 3.40. The van der Waals surface area contributed by atoms with E-state index in [0.29, 0.717) is 18.2 Å². The third-order valence-corrected chi connectivity index (χ3v) is 3.40. The first-order valence-corrected chi connectivity index (χ1v) is 6.91. The van der Waals surface area contributed by atoms with Gasteiger partial charge in [0.05, 0.1) is 6.61 Å². The molecule has 0 heterocycles. The first-order valence-electron chi connectivity index (χ1n) is 6.91. The number of nitrogens with one attached hydrogen (secondary N) is 1. The highest BCUT2D eigenvalue weighted by Gasteiger charge is 2.18. The van der Waals surface area contributed by atoms with Gasteiger partial charge in [-0.1, -0.05) is 13.3 Å². The Kier molecular flexibility index (Phi) is 5.00. The molecule has 0 aliphatic heterocycles. The minimum absolute atomic E-state index is 0.214. The zero-order valence-electron chi connectivity index (χ0n) is 11.0. The van der Waals surface area contributed by atoms with Crippen LogP contribution in [0.15, 0.2) is 18.2 Å². The van der Waals surface area contributed by atoms with Crippen LogP contribution in [0, 0.1) is 11.7 Å². The molecule has 0 atom stereocenters. The molecule has 1 N–H and O–H groups in total. The molecule has 1 aliphatic rings. The number of rotatable bonds is 7. The van der Waals surface area contributed by atoms with Gasteiger partial charge in [-0.05, 0) is 49.4 Å². The molecule has 0 unspecified atom stereocenters. The molecule has 0 aromatic heterocycles. The average molecular weight is 251 g/mol. The van der Waals surface area contributed by atoms with Gasteiger partial charge in [-0.25, -0.2) is 4.39 Å². The maximum absolute atomic E-state index is 13.4. The van der Waals surface area contributed by atoms with E-state index in [1.807, 2.05) is 6.07 Å². The second-order valence-corrected chi connectivity index (χ2v) is 5.08. The van der Waals surface area contributed by atoms with Gasteiger partial charge in [-0.15, -0.1) is 0 Å². The first-order chi connectivity index (χ1) is 8.78. The monoisotopic (exact) mass is 251 g/mol. The van der Waals surface area contributed by atoms with Crippen LogP contribution >= 0.6 is 0 Å². The number of ether oxygens (including phenoxy) is 1. The Morgan fingerprint density at radius 1 is 1.33 bits per heavy atom. The average Bonchev–Trinajstić information content (AvgIpc) is 2.26. The van der Waals surface area contributed by atoms with Crippen LogP contribution in [-0.4, -0.2) is 13.2 Å². The Morgan fingerprint density at radius 3 is 2.83 bits per heavy atom. The predicted octanol–water partition coefficient (Wildman–Crippen LogP) is 3.50. The quantitative estimate of drug-likeness (QED) is 0.749. The highest BCUT2D eigenvalue weighted by atomic mass is 19.1. The molecule has 3 heteroatoms. The van der Waals surface area contributed by atoms with E-state index in [0.717, 1.165) is 25.1 Å². The van der Waals surface area contributed by atoms with Gasteiger partial charge in [0.15, 0.2) is 0 Å². The van der Waals surface area contributed by atoms with Crippen LogP contribution in [-0.2, 0) is 6.54 Å². The van der Waals surface area contributed by atoms with E-state index in [2.05, 4.69) is 12.2 Å². The lowest BCUT2D eigenvalue weighted by Gasteiger charge is -2.25. The van der Waals surface area contributed by atoms with Crippen molar-refractivity contribution in [3.05, 3.63) is 29.6 Å². The summed E-state index contributed by atoms with van der Waals surface area (Å²) in [5.41, 5.74) is 0.951. The van der Waals surface area contributed by atoms with E-state index in [9.17, 15) is 4.39 Å². The molecule has 1 fully saturated rings. The fourth-order valence-electron chi connectivity index (χ4n) is 2.09. The van der Waals surface area contributed by atoms with E-state index < -0.39 is 0 Å². The Bertz CT molecular complexity index is 377. The normalized spacial score (nSPS) is 15.4. The van der Waals surface area contributed by atoms with Crippen molar-refractivity contribution in [1.82, 2.24) is 5.32 Å². The lowest BCUT2D eigenvalue weighted by molar-refractivity contribution is 0.180. The van der Waals surface area contributed by atoms with E-state index in [1.54, 1.807) is 6.07 Å². The van der Waals surface area contributed by atoms with Crippen LogP contribution in [0.3, 0.4) is 0 Å². The molecule has 2 rings (SSSR count). The summed E-state index contributed by atoms with van der Waals surface area (Å²) in [5.74, 6) is 1.12. The zero-order valence-corrected chi connectivity index (χ0v) is 11.0. The van der Waals surface area contributed by atoms with Crippen LogP contribution < -0.4 is 10.1 Å². The van der Waals surface area contributed by atoms with Gasteiger partial charge < -0.3 is 10.1 Å². The summed E-state index contributed by atoms with van der Waals surface area (Å²) in [6, 6.07) is 4.98. The smallest absolute Gasteiger partial charge is 0.127 e. The molecule has 1 aromatic rings. The summed E-state index contributed by atoms with van der Waals surface area (Å²) in [6.07, 6.45) is 4.89. The van der Waals surface area contributed by atoms with Gasteiger partial charge in [-0.2, -0.15) is 0 Å². The molecule has 100 valence electrons. The van der Waals surface area contributed by atoms with Gasteiger partial charge in [0.2, 0.25) is 0 Å². The van der Waals surface area contributed by atoms with Crippen molar-refractivity contribution < 1.29 is 9.13 Å². The topological polar surface area (TPSA) is 21.3 Å². The molecular weight excluding hydrogens is 229 g/mol. The zero-order chi connectivity index (χ0) is 12.8. The van der Waals surface area contributed by atoms with E-state index >= 15 is 0 Å². The second-order valence-electron chi connectivity index (χ2n) is 5.08. The van der Waals surface area contributed by atoms with Crippen LogP contribution in [0.4, 0.5) is 4.39 Å². The van der Waals surface area contributed by atoms with Crippen molar-refractivity contribution in [3.63, 3.8) is 0 Å². The molecule has 0 spiro atoms. The summed E-state index contributed by atoms with van der Waals surface area (Å²) < 4.78 is 19.1. The van der Waals surface area contributed by atoms with Gasteiger partial charge in [-0.3, -0.25) is 0 Å². The van der Waals surface area contributed by atoms with Crippen molar-refractivity contribution in [2.75, 3.05) is 13.2 Å². The SMILES string of the molecule is CCCNCc1cc(F)cc(OCC2CCC2)c1. The summed E-state index contributed by atoms with van der Waals surface area (Å²) >= 11 is 0. The Labute approximate surface area is 109 Å². The first kappa shape index (κ1) is 13.3. The summed E-state index contributed by atoms with van der Waals surface area (Å²) in [6.45, 7) is 4.50. The summed E-state index contributed by atoms with van der Waals surface area (Å²) in [4.78, 5) is 0. The van der Waals surface area contributed by atoms with Gasteiger partial charge in [0.25, 0.3) is 0 Å². The molecule has 1 saturated carbocycles. The lowest BCUT2D eigenvalue weighted by Crippen LogP contribution is -2.19. The molecule has 1 aromatic carbocycles. The van der Waals surface area contributed by atoms with Gasteiger partial charge in [0, 0.05) is 12.6 Å². The fourth-order valence-corrected chi connectivity index (χ4v) is 2.09. The van der Waals surface area contributed by atoms with Crippen molar-refractivity contribution in [2.45, 2.75) is 39.2 Å². The van der Waals surface area contributed by atoms with Gasteiger partial charge >= 0.3 is 0 Å². The lowest BCUT2D eigenvalue weighted by atomic mass is 9.86. The fraction of sp³-hybridized carbons (Fsp3) is 0.600. The standard InChI is InChI=1S/C15H22FNO/c1-2-6-17-10-13-7-14(16)9-15(8-13)18-11-12-4-3-5-12/h7-9,12,17H,2-6,10-11H2,1H3. The molecule has 0 bridgehead atoms. The maximum Gasteiger partial charge on any atom is 0.127 e. The van der Waals surface area contributed by atoms with E-state index in [-0.39, 0.29) is 5.82 Å². The Hall–Kier alpha value is -1.09. The maximum atomic E-state index is 13.4. The van der Waals surface area contributed by atoms with Gasteiger partial charge in [0.1, 0.15) is 11.6 Å². The summed E-state index contributed by atoms with van der Waals surface area (Å²) in [7, 11) is 0. The van der Waals surface area contributed by atoms with Crippen LogP contribution in [0.25, 0.3) is 0 Å². The molecule has 0 saturated heterocycles. The van der Waals surface area contributed by atoms with Crippen molar-refractivity contribution in [1.29, 1.82) is 0 Å².